The molecule has 4 N–H and O–H groups in total. The van der Waals surface area contributed by atoms with Crippen LogP contribution >= 0.6 is 7.60 Å². The molecule has 1 aliphatic heterocycles. The molecule has 1 fully saturated rings. The Balaban J connectivity index is 1.76. The van der Waals surface area contributed by atoms with E-state index in [1.54, 1.807) is 24.3 Å². The number of hydrogen-bond acceptors (Lipinski definition) is 11. The van der Waals surface area contributed by atoms with Crippen LogP contribution in [0.3, 0.4) is 0 Å². The van der Waals surface area contributed by atoms with Crippen molar-refractivity contribution in [3.8, 4) is 5.75 Å². The van der Waals surface area contributed by atoms with E-state index < -0.39 is 42.0 Å². The second kappa shape index (κ2) is 20.2. The molecule has 0 spiro atoms. The van der Waals surface area contributed by atoms with Crippen molar-refractivity contribution in [3.63, 3.8) is 0 Å². The number of sulfonamides is 1. The number of nitrogens with one attached hydrogen (secondary N) is 1. The summed E-state index contributed by atoms with van der Waals surface area (Å²) in [5.41, 5.74) is 6.92. The molecular formula is C34H54N3O10PS. The van der Waals surface area contributed by atoms with Crippen LogP contribution in [0.5, 0.6) is 5.75 Å². The van der Waals surface area contributed by atoms with Crippen LogP contribution in [-0.4, -0.2) is 88.0 Å². The molecule has 276 valence electrons. The normalized spacial score (nSPS) is 16.5. The Morgan fingerprint density at radius 1 is 1.04 bits per heavy atom. The summed E-state index contributed by atoms with van der Waals surface area (Å²) in [6, 6.07) is 11.8. The maximum atomic E-state index is 13.7. The Morgan fingerprint density at radius 2 is 1.67 bits per heavy atom. The van der Waals surface area contributed by atoms with Gasteiger partial charge in [0.15, 0.2) is 6.35 Å². The van der Waals surface area contributed by atoms with E-state index in [2.05, 4.69) is 5.32 Å². The van der Waals surface area contributed by atoms with Crippen molar-refractivity contribution in [2.75, 3.05) is 51.6 Å². The first kappa shape index (κ1) is 40.7. The third-order valence-electron chi connectivity index (χ3n) is 7.75. The van der Waals surface area contributed by atoms with E-state index in [0.717, 1.165) is 31.2 Å². The highest BCUT2D eigenvalue weighted by Gasteiger charge is 2.32. The third kappa shape index (κ3) is 13.8. The topological polar surface area (TPSA) is 176 Å². The van der Waals surface area contributed by atoms with Crippen LogP contribution in [0.4, 0.5) is 10.5 Å². The number of alkyl carbamates (subject to hydrolysis) is 1. The predicted molar refractivity (Wildman–Crippen MR) is 188 cm³/mol. The van der Waals surface area contributed by atoms with Crippen molar-refractivity contribution in [1.82, 2.24) is 9.62 Å². The molecule has 15 heteroatoms. The number of rotatable bonds is 22. The Morgan fingerprint density at radius 3 is 2.22 bits per heavy atom. The summed E-state index contributed by atoms with van der Waals surface area (Å²) >= 11 is 0. The minimum atomic E-state index is -4.00. The molecule has 49 heavy (non-hydrogen) atoms. The molecule has 1 saturated heterocycles. The lowest BCUT2D eigenvalue weighted by Gasteiger charge is -2.30. The number of amides is 1. The second-order valence-corrected chi connectivity index (χ2v) is 16.5. The fourth-order valence-corrected chi connectivity index (χ4v) is 7.93. The summed E-state index contributed by atoms with van der Waals surface area (Å²) < 4.78 is 69.6. The van der Waals surface area contributed by atoms with Crippen LogP contribution in [0.2, 0.25) is 0 Å². The van der Waals surface area contributed by atoms with Gasteiger partial charge in [-0.05, 0) is 67.1 Å². The maximum Gasteiger partial charge on any atom is 0.407 e. The monoisotopic (exact) mass is 727 g/mol. The lowest BCUT2D eigenvalue weighted by molar-refractivity contribution is 0.0644. The zero-order valence-electron chi connectivity index (χ0n) is 29.1. The molecule has 2 aromatic rings. The molecule has 1 amide bonds. The summed E-state index contributed by atoms with van der Waals surface area (Å²) in [6.45, 7) is 9.04. The number of unbranched alkanes of at least 4 members (excludes halogenated alkanes) is 2. The number of nitrogen functional groups attached to an aromatic ring is 1. The summed E-state index contributed by atoms with van der Waals surface area (Å²) in [4.78, 5) is 13.0. The first-order valence-corrected chi connectivity index (χ1v) is 20.2. The predicted octanol–water partition coefficient (Wildman–Crippen LogP) is 5.57. The number of hydrogen-bond donors (Lipinski definition) is 3. The van der Waals surface area contributed by atoms with Gasteiger partial charge in [0.25, 0.3) is 0 Å². The zero-order chi connectivity index (χ0) is 35.9. The number of ether oxygens (including phenoxy) is 3. The average molecular weight is 728 g/mol. The molecule has 0 bridgehead atoms. The molecule has 1 aliphatic rings. The largest absolute Gasteiger partial charge is 0.481 e. The van der Waals surface area contributed by atoms with Crippen LogP contribution in [0.15, 0.2) is 53.4 Å². The average Bonchev–Trinajstić information content (AvgIpc) is 3.57. The van der Waals surface area contributed by atoms with Crippen LogP contribution in [0, 0.1) is 5.92 Å². The highest BCUT2D eigenvalue weighted by atomic mass is 32.2. The van der Waals surface area contributed by atoms with Gasteiger partial charge >= 0.3 is 13.7 Å². The smallest absolute Gasteiger partial charge is 0.407 e. The van der Waals surface area contributed by atoms with E-state index >= 15 is 0 Å². The Hall–Kier alpha value is -2.71. The van der Waals surface area contributed by atoms with Gasteiger partial charge in [0.2, 0.25) is 10.0 Å². The SMILES string of the molecule is CCCCOP(=O)(COc1ccc(C[C@H](NC(=O)O[C@H]2CCOC2)[C@H](O)CN(CC(C)C)S(=O)(=O)c2ccc(N)cc2)cc1)OCCCC. The van der Waals surface area contributed by atoms with Gasteiger partial charge in [-0.2, -0.15) is 4.31 Å². The first-order valence-electron chi connectivity index (χ1n) is 17.0. The van der Waals surface area contributed by atoms with Crippen LogP contribution < -0.4 is 15.8 Å². The van der Waals surface area contributed by atoms with Crippen LogP contribution in [0.25, 0.3) is 0 Å². The Bertz CT molecular complexity index is 1410. The number of aliphatic hydroxyl groups excluding tert-OH is 1. The summed E-state index contributed by atoms with van der Waals surface area (Å²) in [5.74, 6) is 0.386. The molecule has 0 aliphatic carbocycles. The molecule has 1 heterocycles. The molecule has 13 nitrogen and oxygen atoms in total. The highest BCUT2D eigenvalue weighted by molar-refractivity contribution is 7.89. The second-order valence-electron chi connectivity index (χ2n) is 12.6. The van der Waals surface area contributed by atoms with Crippen molar-refractivity contribution >= 4 is 29.4 Å². The van der Waals surface area contributed by atoms with Crippen molar-refractivity contribution < 1.29 is 46.1 Å². The fourth-order valence-electron chi connectivity index (χ4n) is 4.97. The van der Waals surface area contributed by atoms with E-state index in [1.807, 2.05) is 27.7 Å². The van der Waals surface area contributed by atoms with E-state index in [1.165, 1.54) is 28.6 Å². The van der Waals surface area contributed by atoms with Gasteiger partial charge in [-0.1, -0.05) is 52.7 Å². The summed E-state index contributed by atoms with van der Waals surface area (Å²) in [6.07, 6.45) is 1.29. The number of carbonyl (C=O) groups excluding carboxylic acids is 1. The number of anilines is 1. The molecule has 0 saturated carbocycles. The van der Waals surface area contributed by atoms with Gasteiger partial charge in [0, 0.05) is 25.2 Å². The first-order chi connectivity index (χ1) is 23.3. The Kier molecular flexibility index (Phi) is 16.8. The van der Waals surface area contributed by atoms with E-state index in [9.17, 15) is 22.9 Å². The minimum absolute atomic E-state index is 0.0476. The van der Waals surface area contributed by atoms with Gasteiger partial charge in [-0.15, -0.1) is 0 Å². The standard InChI is InChI=1S/C34H54N3O10PS/c1-5-7-18-45-48(40,46-19-8-6-2)25-44-29-13-9-27(10-14-29)21-32(36-34(39)47-30-17-20-43-24-30)33(38)23-37(22-26(3)4)49(41,42)31-15-11-28(35)12-16-31/h9-16,26,30,32-33,38H,5-8,17-25,35H2,1-4H3,(H,36,39)/t30-,32-,33+/m0/s1. The van der Waals surface area contributed by atoms with Crippen molar-refractivity contribution in [2.24, 2.45) is 5.92 Å². The summed E-state index contributed by atoms with van der Waals surface area (Å²) in [5, 5.41) is 14.3. The van der Waals surface area contributed by atoms with Gasteiger partial charge in [-0.3, -0.25) is 4.57 Å². The van der Waals surface area contributed by atoms with Gasteiger partial charge in [-0.25, -0.2) is 13.2 Å². The highest BCUT2D eigenvalue weighted by Crippen LogP contribution is 2.48. The number of benzene rings is 2. The van der Waals surface area contributed by atoms with Crippen LogP contribution in [-0.2, 0) is 39.5 Å². The van der Waals surface area contributed by atoms with Crippen LogP contribution in [0.1, 0.15) is 65.4 Å². The number of nitrogens with two attached hydrogens (primary N) is 1. The van der Waals surface area contributed by atoms with Gasteiger partial charge in [0.05, 0.1) is 43.5 Å². The van der Waals surface area contributed by atoms with Crippen molar-refractivity contribution in [2.45, 2.75) is 89.4 Å². The molecule has 2 aromatic carbocycles. The summed E-state index contributed by atoms with van der Waals surface area (Å²) in [7, 11) is -7.47. The molecular weight excluding hydrogens is 673 g/mol. The molecule has 3 atom stereocenters. The number of nitrogens with zero attached hydrogens (tertiary/aromatic N) is 1. The molecule has 0 aromatic heterocycles. The minimum Gasteiger partial charge on any atom is -0.481 e. The Labute approximate surface area is 291 Å². The number of aliphatic hydroxyl groups is 1. The molecule has 3 rings (SSSR count). The van der Waals surface area contributed by atoms with Crippen molar-refractivity contribution in [3.05, 3.63) is 54.1 Å². The quantitative estimate of drug-likeness (QED) is 0.0786. The van der Waals surface area contributed by atoms with E-state index in [-0.39, 0.29) is 43.3 Å². The third-order valence-corrected chi connectivity index (χ3v) is 11.2. The van der Waals surface area contributed by atoms with Crippen molar-refractivity contribution in [1.29, 1.82) is 0 Å². The lowest BCUT2D eigenvalue weighted by Crippen LogP contribution is -2.51. The van der Waals surface area contributed by atoms with E-state index in [4.69, 9.17) is 29.0 Å². The maximum absolute atomic E-state index is 13.7. The van der Waals surface area contributed by atoms with Gasteiger partial charge < -0.3 is 39.4 Å². The molecule has 0 unspecified atom stereocenters. The molecule has 0 radical (unpaired) electrons. The number of carbonyl (C=O) groups is 1. The van der Waals surface area contributed by atoms with Gasteiger partial charge in [0.1, 0.15) is 11.9 Å². The van der Waals surface area contributed by atoms with E-state index in [0.29, 0.717) is 37.7 Å². The fraction of sp³-hybridized carbons (Fsp3) is 0.618. The zero-order valence-corrected chi connectivity index (χ0v) is 30.8. The lowest BCUT2D eigenvalue weighted by atomic mass is 10.0.